The van der Waals surface area contributed by atoms with E-state index in [1.54, 1.807) is 4.90 Å². The quantitative estimate of drug-likeness (QED) is 0.221. The van der Waals surface area contributed by atoms with Crippen LogP contribution in [-0.2, 0) is 19.2 Å². The van der Waals surface area contributed by atoms with E-state index in [0.29, 0.717) is 43.1 Å². The summed E-state index contributed by atoms with van der Waals surface area (Å²) in [6.45, 7) is 9.74. The highest BCUT2D eigenvalue weighted by Gasteiger charge is 2.39. The van der Waals surface area contributed by atoms with Crippen molar-refractivity contribution in [2.45, 2.75) is 90.4 Å². The Morgan fingerprint density at radius 1 is 0.843 bits per heavy atom. The van der Waals surface area contributed by atoms with Gasteiger partial charge in [-0.2, -0.15) is 0 Å². The van der Waals surface area contributed by atoms with Gasteiger partial charge in [-0.3, -0.25) is 29.0 Å². The van der Waals surface area contributed by atoms with Crippen molar-refractivity contribution in [2.24, 2.45) is 11.8 Å². The Bertz CT molecular complexity index is 1690. The normalized spacial score (nSPS) is 19.0. The number of anilines is 2. The van der Waals surface area contributed by atoms with Crippen molar-refractivity contribution in [1.29, 1.82) is 0 Å². The first kappa shape index (κ1) is 38.2. The molecular weight excluding hydrogens is 642 g/mol. The molecule has 0 saturated carbocycles. The number of imide groups is 1. The molecule has 0 aliphatic carbocycles. The maximum Gasteiger partial charge on any atom is 0.251 e. The molecule has 4 atom stereocenters. The maximum atomic E-state index is 14.0. The minimum absolute atomic E-state index is 0.0169. The van der Waals surface area contributed by atoms with E-state index in [2.05, 4.69) is 43.3 Å². The summed E-state index contributed by atoms with van der Waals surface area (Å²) >= 11 is 0. The van der Waals surface area contributed by atoms with E-state index in [1.165, 1.54) is 4.90 Å². The zero-order chi connectivity index (χ0) is 37.0. The maximum absolute atomic E-state index is 14.0. The third-order valence-corrected chi connectivity index (χ3v) is 10.2. The summed E-state index contributed by atoms with van der Waals surface area (Å²) in [6, 6.07) is 13.8. The molecule has 2 aliphatic rings. The highest BCUT2D eigenvalue weighted by molar-refractivity contribution is 6.18. The summed E-state index contributed by atoms with van der Waals surface area (Å²) in [5, 5.41) is 7.27. The third kappa shape index (κ3) is 8.88. The van der Waals surface area contributed by atoms with Crippen LogP contribution in [-0.4, -0.2) is 109 Å². The van der Waals surface area contributed by atoms with Gasteiger partial charge in [-0.25, -0.2) is 4.90 Å². The van der Waals surface area contributed by atoms with E-state index in [0.717, 1.165) is 48.0 Å². The number of aromatic nitrogens is 1. The molecule has 1 aromatic heterocycles. The predicted molar refractivity (Wildman–Crippen MR) is 204 cm³/mol. The summed E-state index contributed by atoms with van der Waals surface area (Å²) in [5.74, 6) is 0.0869. The Morgan fingerprint density at radius 3 is 2.12 bits per heavy atom. The molecule has 2 saturated heterocycles. The topological polar surface area (TPSA) is 121 Å². The second-order valence-electron chi connectivity index (χ2n) is 15.6. The molecule has 3 N–H and O–H groups in total. The van der Waals surface area contributed by atoms with Gasteiger partial charge in [0.25, 0.3) is 11.8 Å². The highest BCUT2D eigenvalue weighted by atomic mass is 16.2. The number of rotatable bonds is 13. The highest BCUT2D eigenvalue weighted by Crippen LogP contribution is 2.30. The zero-order valence-corrected chi connectivity index (χ0v) is 31.7. The molecule has 2 aliphatic heterocycles. The van der Waals surface area contributed by atoms with Crippen molar-refractivity contribution >= 4 is 45.9 Å². The Hall–Kier alpha value is -4.06. The van der Waals surface area contributed by atoms with Crippen molar-refractivity contribution in [1.82, 2.24) is 25.0 Å². The summed E-state index contributed by atoms with van der Waals surface area (Å²) < 4.78 is 0. The fourth-order valence-corrected chi connectivity index (χ4v) is 7.40. The van der Waals surface area contributed by atoms with Gasteiger partial charge in [-0.05, 0) is 127 Å². The largest absolute Gasteiger partial charge is 0.355 e. The summed E-state index contributed by atoms with van der Waals surface area (Å²) in [7, 11) is 7.62. The summed E-state index contributed by atoms with van der Waals surface area (Å²) in [5.41, 5.74) is 3.92. The number of carbonyl (C=O) groups excluding carboxylic acids is 4. The number of carbonyl (C=O) groups is 4. The van der Waals surface area contributed by atoms with Crippen molar-refractivity contribution in [3.05, 3.63) is 48.5 Å². The molecule has 51 heavy (non-hydrogen) atoms. The van der Waals surface area contributed by atoms with Gasteiger partial charge in [-0.15, -0.1) is 0 Å². The smallest absolute Gasteiger partial charge is 0.251 e. The first-order valence-electron chi connectivity index (χ1n) is 18.5. The van der Waals surface area contributed by atoms with E-state index in [1.807, 2.05) is 86.5 Å². The number of hydrogen-bond acceptors (Lipinski definition) is 7. The van der Waals surface area contributed by atoms with Crippen LogP contribution in [0.2, 0.25) is 0 Å². The number of likely N-dealkylation sites (tertiary alicyclic amines) is 1. The Balaban J connectivity index is 1.33. The van der Waals surface area contributed by atoms with Gasteiger partial charge in [0.1, 0.15) is 6.04 Å². The summed E-state index contributed by atoms with van der Waals surface area (Å²) in [4.78, 5) is 65.3. The van der Waals surface area contributed by atoms with Crippen LogP contribution in [0.4, 0.5) is 11.4 Å². The van der Waals surface area contributed by atoms with E-state index >= 15 is 0 Å². The lowest BCUT2D eigenvalue weighted by molar-refractivity contribution is -0.141. The minimum Gasteiger partial charge on any atom is -0.355 e. The van der Waals surface area contributed by atoms with Crippen LogP contribution in [0.1, 0.15) is 66.2 Å². The predicted octanol–water partition coefficient (Wildman–Crippen LogP) is 5.33. The molecule has 0 bridgehead atoms. The number of H-pyrrole nitrogens is 1. The average molecular weight is 700 g/mol. The molecule has 5 rings (SSSR count). The van der Waals surface area contributed by atoms with Crippen LogP contribution in [0.5, 0.6) is 0 Å². The second-order valence-corrected chi connectivity index (χ2v) is 15.6. The molecule has 4 amide bonds. The molecule has 11 nitrogen and oxygen atoms in total. The first-order valence-corrected chi connectivity index (χ1v) is 18.5. The van der Waals surface area contributed by atoms with Gasteiger partial charge in [0.05, 0.1) is 23.8 Å². The van der Waals surface area contributed by atoms with E-state index in [9.17, 15) is 19.2 Å². The number of aromatic amines is 1. The molecule has 3 heterocycles. The molecule has 2 aromatic carbocycles. The Kier molecular flexibility index (Phi) is 12.4. The zero-order valence-electron chi connectivity index (χ0n) is 31.7. The fourth-order valence-electron chi connectivity index (χ4n) is 7.40. The molecule has 3 aromatic rings. The standard InChI is InChI=1S/C40H57N7O4/c1-25(2)21-35(44(5)6)39(50)46-20-10-12-34(46)37(48)42-29-15-18-31-28(23-29)24-33(43-31)27-13-16-30(17-14-27)47(38(49)32-11-9-19-41-32)40(51)36(45(7)8)22-26(3)4/h13-18,23-26,32,34-36,41,43H,9-12,19-22H2,1-8H3,(H,42,48)/t32-,34-,35+,36+/m0/s1. The number of nitrogens with zero attached hydrogens (tertiary/aromatic N) is 4. The molecule has 0 radical (unpaired) electrons. The molecular formula is C40H57N7O4. The number of nitrogens with one attached hydrogen (secondary N) is 3. The van der Waals surface area contributed by atoms with Gasteiger partial charge in [0, 0.05) is 28.8 Å². The van der Waals surface area contributed by atoms with Crippen molar-refractivity contribution in [3.8, 4) is 11.3 Å². The van der Waals surface area contributed by atoms with Gasteiger partial charge < -0.3 is 20.5 Å². The van der Waals surface area contributed by atoms with E-state index in [4.69, 9.17) is 0 Å². The van der Waals surface area contributed by atoms with Crippen molar-refractivity contribution in [3.63, 3.8) is 0 Å². The second kappa shape index (κ2) is 16.5. The van der Waals surface area contributed by atoms with Crippen LogP contribution in [0.3, 0.4) is 0 Å². The van der Waals surface area contributed by atoms with Crippen molar-refractivity contribution < 1.29 is 19.2 Å². The van der Waals surface area contributed by atoms with Gasteiger partial charge in [0.2, 0.25) is 11.8 Å². The monoisotopic (exact) mass is 699 g/mol. The molecule has 0 unspecified atom stereocenters. The van der Waals surface area contributed by atoms with Gasteiger partial charge in [-0.1, -0.05) is 39.8 Å². The Morgan fingerprint density at radius 2 is 1.51 bits per heavy atom. The van der Waals surface area contributed by atoms with E-state index in [-0.39, 0.29) is 41.6 Å². The van der Waals surface area contributed by atoms with Crippen LogP contribution in [0, 0.1) is 11.8 Å². The number of hydrogen-bond donors (Lipinski definition) is 3. The lowest BCUT2D eigenvalue weighted by Crippen LogP contribution is -2.53. The van der Waals surface area contributed by atoms with Crippen LogP contribution in [0.15, 0.2) is 48.5 Å². The number of amides is 4. The fraction of sp³-hybridized carbons (Fsp3) is 0.550. The molecule has 2 fully saturated rings. The van der Waals surface area contributed by atoms with Crippen LogP contribution < -0.4 is 15.5 Å². The SMILES string of the molecule is CC(C)C[C@H](C(=O)N(C(=O)[C@@H]1CCCN1)c1ccc(-c2cc3cc(NC(=O)[C@@H]4CCCN4C(=O)[C@@H](CC(C)C)N(C)C)ccc3[nH]2)cc1)N(C)C. The van der Waals surface area contributed by atoms with Crippen LogP contribution in [0.25, 0.3) is 22.2 Å². The van der Waals surface area contributed by atoms with E-state index < -0.39 is 12.1 Å². The number of benzene rings is 2. The number of likely N-dealkylation sites (N-methyl/N-ethyl adjacent to an activating group) is 2. The van der Waals surface area contributed by atoms with Crippen LogP contribution >= 0.6 is 0 Å². The third-order valence-electron chi connectivity index (χ3n) is 10.2. The lowest BCUT2D eigenvalue weighted by Gasteiger charge is -2.32. The van der Waals surface area contributed by atoms with Gasteiger partial charge in [0.15, 0.2) is 0 Å². The Labute approximate surface area is 303 Å². The minimum atomic E-state index is -0.496. The van der Waals surface area contributed by atoms with Crippen molar-refractivity contribution in [2.75, 3.05) is 51.5 Å². The average Bonchev–Trinajstić information content (AvgIpc) is 3.87. The summed E-state index contributed by atoms with van der Waals surface area (Å²) in [6.07, 6.45) is 4.45. The molecule has 276 valence electrons. The number of fused-ring (bicyclic) bond motifs is 1. The van der Waals surface area contributed by atoms with Gasteiger partial charge >= 0.3 is 0 Å². The molecule has 0 spiro atoms. The lowest BCUT2D eigenvalue weighted by atomic mass is 10.0. The first-order chi connectivity index (χ1) is 24.2. The molecule has 11 heteroatoms.